The molecule has 0 saturated carbocycles. The zero-order valence-corrected chi connectivity index (χ0v) is 9.86. The van der Waals surface area contributed by atoms with E-state index in [0.717, 1.165) is 18.7 Å². The van der Waals surface area contributed by atoms with Crippen molar-refractivity contribution >= 4 is 11.3 Å². The van der Waals surface area contributed by atoms with Gasteiger partial charge >= 0.3 is 0 Å². The third kappa shape index (κ3) is 3.04. The maximum Gasteiger partial charge on any atom is 0.0798 e. The molecule has 3 nitrogen and oxygen atoms in total. The molecule has 1 unspecified atom stereocenters. The van der Waals surface area contributed by atoms with E-state index in [9.17, 15) is 0 Å². The Morgan fingerprint density at radius 2 is 2.43 bits per heavy atom. The highest BCUT2D eigenvalue weighted by atomic mass is 32.1. The molecule has 1 N–H and O–H groups in total. The Bertz CT molecular complexity index is 262. The largest absolute Gasteiger partial charge is 0.383 e. The van der Waals surface area contributed by atoms with Crippen LogP contribution in [0.15, 0.2) is 5.51 Å². The summed E-state index contributed by atoms with van der Waals surface area (Å²) in [5.74, 6) is 0. The van der Waals surface area contributed by atoms with E-state index in [0.29, 0.717) is 12.6 Å². The van der Waals surface area contributed by atoms with Crippen molar-refractivity contribution in [1.82, 2.24) is 10.3 Å². The average Bonchev–Trinajstić information content (AvgIpc) is 2.59. The summed E-state index contributed by atoms with van der Waals surface area (Å²) < 4.78 is 5.20. The highest BCUT2D eigenvalue weighted by Crippen LogP contribution is 2.21. The van der Waals surface area contributed by atoms with Crippen LogP contribution in [-0.2, 0) is 4.74 Å². The number of aromatic nitrogens is 1. The second-order valence-electron chi connectivity index (χ2n) is 3.26. The molecule has 1 rings (SSSR count). The Labute approximate surface area is 89.5 Å². The van der Waals surface area contributed by atoms with Crippen LogP contribution in [0.5, 0.6) is 0 Å². The van der Waals surface area contributed by atoms with Gasteiger partial charge in [0.1, 0.15) is 0 Å². The van der Waals surface area contributed by atoms with Gasteiger partial charge in [0.2, 0.25) is 0 Å². The van der Waals surface area contributed by atoms with Crippen molar-refractivity contribution in [3.8, 4) is 0 Å². The number of rotatable bonds is 6. The van der Waals surface area contributed by atoms with Crippen LogP contribution in [-0.4, -0.2) is 25.2 Å². The summed E-state index contributed by atoms with van der Waals surface area (Å²) in [7, 11) is 1.73. The number of methoxy groups -OCH3 is 1. The predicted molar refractivity (Wildman–Crippen MR) is 59.8 cm³/mol. The minimum atomic E-state index is 0.299. The second-order valence-corrected chi connectivity index (χ2v) is 4.15. The fourth-order valence-electron chi connectivity index (χ4n) is 1.36. The Hall–Kier alpha value is -0.450. The monoisotopic (exact) mass is 214 g/mol. The van der Waals surface area contributed by atoms with Gasteiger partial charge in [-0.25, -0.2) is 4.98 Å². The molecule has 1 aromatic heterocycles. The topological polar surface area (TPSA) is 34.1 Å². The number of hydrogen-bond donors (Lipinski definition) is 1. The number of thiazole rings is 1. The first-order valence-electron chi connectivity index (χ1n) is 4.91. The first kappa shape index (κ1) is 11.6. The van der Waals surface area contributed by atoms with Crippen LogP contribution in [0.25, 0.3) is 0 Å². The molecule has 0 aliphatic carbocycles. The molecule has 0 radical (unpaired) electrons. The minimum Gasteiger partial charge on any atom is -0.383 e. The smallest absolute Gasteiger partial charge is 0.0798 e. The third-order valence-electron chi connectivity index (χ3n) is 2.07. The van der Waals surface area contributed by atoms with E-state index >= 15 is 0 Å². The average molecular weight is 214 g/mol. The van der Waals surface area contributed by atoms with Crippen molar-refractivity contribution in [2.45, 2.75) is 26.3 Å². The van der Waals surface area contributed by atoms with Gasteiger partial charge in [0, 0.05) is 12.0 Å². The van der Waals surface area contributed by atoms with Gasteiger partial charge in [0.25, 0.3) is 0 Å². The van der Waals surface area contributed by atoms with Crippen molar-refractivity contribution in [2.24, 2.45) is 0 Å². The fraction of sp³-hybridized carbons (Fsp3) is 0.700. The van der Waals surface area contributed by atoms with E-state index < -0.39 is 0 Å². The van der Waals surface area contributed by atoms with Gasteiger partial charge in [-0.3, -0.25) is 0 Å². The highest BCUT2D eigenvalue weighted by molar-refractivity contribution is 7.09. The summed E-state index contributed by atoms with van der Waals surface area (Å²) in [6.07, 6.45) is 1.14. The van der Waals surface area contributed by atoms with Gasteiger partial charge in [-0.1, -0.05) is 6.92 Å². The summed E-state index contributed by atoms with van der Waals surface area (Å²) in [5.41, 5.74) is 3.00. The molecule has 1 heterocycles. The van der Waals surface area contributed by atoms with Crippen molar-refractivity contribution in [2.75, 3.05) is 20.3 Å². The highest BCUT2D eigenvalue weighted by Gasteiger charge is 2.14. The van der Waals surface area contributed by atoms with E-state index in [-0.39, 0.29) is 0 Å². The van der Waals surface area contributed by atoms with Crippen LogP contribution in [0.1, 0.15) is 30.0 Å². The van der Waals surface area contributed by atoms with E-state index in [1.807, 2.05) is 12.4 Å². The Morgan fingerprint density at radius 3 is 2.93 bits per heavy atom. The van der Waals surface area contributed by atoms with E-state index in [1.165, 1.54) is 4.88 Å². The van der Waals surface area contributed by atoms with Crippen LogP contribution in [0.3, 0.4) is 0 Å². The molecule has 80 valence electrons. The summed E-state index contributed by atoms with van der Waals surface area (Å²) >= 11 is 1.69. The quantitative estimate of drug-likeness (QED) is 0.788. The summed E-state index contributed by atoms with van der Waals surface area (Å²) in [6, 6.07) is 0.299. The molecule has 0 aliphatic rings. The molecule has 4 heteroatoms. The normalized spacial score (nSPS) is 13.1. The van der Waals surface area contributed by atoms with E-state index in [2.05, 4.69) is 17.2 Å². The third-order valence-corrected chi connectivity index (χ3v) is 3.12. The lowest BCUT2D eigenvalue weighted by atomic mass is 10.2. The second kappa shape index (κ2) is 6.11. The summed E-state index contributed by atoms with van der Waals surface area (Å²) in [5, 5.41) is 3.46. The fourth-order valence-corrected chi connectivity index (χ4v) is 2.22. The molecule has 0 aliphatic heterocycles. The van der Waals surface area contributed by atoms with Crippen LogP contribution < -0.4 is 5.32 Å². The summed E-state index contributed by atoms with van der Waals surface area (Å²) in [6.45, 7) is 5.94. The maximum atomic E-state index is 5.20. The lowest BCUT2D eigenvalue weighted by molar-refractivity contribution is 0.168. The van der Waals surface area contributed by atoms with Crippen molar-refractivity contribution in [1.29, 1.82) is 0 Å². The molecule has 0 saturated heterocycles. The van der Waals surface area contributed by atoms with Crippen LogP contribution in [0, 0.1) is 6.92 Å². The zero-order valence-electron chi connectivity index (χ0n) is 9.04. The molecule has 0 bridgehead atoms. The lowest BCUT2D eigenvalue weighted by Gasteiger charge is -2.16. The minimum absolute atomic E-state index is 0.299. The van der Waals surface area contributed by atoms with Gasteiger partial charge < -0.3 is 10.1 Å². The van der Waals surface area contributed by atoms with Gasteiger partial charge in [0.15, 0.2) is 0 Å². The molecular formula is C10H18N2OS. The van der Waals surface area contributed by atoms with Crippen LogP contribution in [0.4, 0.5) is 0 Å². The molecular weight excluding hydrogens is 196 g/mol. The van der Waals surface area contributed by atoms with E-state index in [4.69, 9.17) is 4.74 Å². The van der Waals surface area contributed by atoms with Gasteiger partial charge in [-0.2, -0.15) is 0 Å². The molecule has 0 spiro atoms. The van der Waals surface area contributed by atoms with Gasteiger partial charge in [-0.15, -0.1) is 11.3 Å². The first-order valence-corrected chi connectivity index (χ1v) is 5.79. The molecule has 14 heavy (non-hydrogen) atoms. The Kier molecular flexibility index (Phi) is 5.07. The lowest BCUT2D eigenvalue weighted by Crippen LogP contribution is -2.25. The SMILES string of the molecule is CCCNC(COC)c1scnc1C. The van der Waals surface area contributed by atoms with Gasteiger partial charge in [0.05, 0.1) is 23.9 Å². The molecule has 0 amide bonds. The first-order chi connectivity index (χ1) is 6.79. The molecule has 0 fully saturated rings. The molecule has 1 atom stereocenters. The van der Waals surface area contributed by atoms with Crippen LogP contribution >= 0.6 is 11.3 Å². The van der Waals surface area contributed by atoms with Gasteiger partial charge in [-0.05, 0) is 19.9 Å². The number of hydrogen-bond acceptors (Lipinski definition) is 4. The number of nitrogens with one attached hydrogen (secondary N) is 1. The van der Waals surface area contributed by atoms with Crippen molar-refractivity contribution in [3.63, 3.8) is 0 Å². The van der Waals surface area contributed by atoms with E-state index in [1.54, 1.807) is 18.4 Å². The summed E-state index contributed by atoms with van der Waals surface area (Å²) in [4.78, 5) is 5.54. The Balaban J connectivity index is 2.62. The molecule has 0 aromatic carbocycles. The number of nitrogens with zero attached hydrogens (tertiary/aromatic N) is 1. The number of aryl methyl sites for hydroxylation is 1. The number of ether oxygens (including phenoxy) is 1. The standard InChI is InChI=1S/C10H18N2OS/c1-4-5-11-9(6-13-3)10-8(2)12-7-14-10/h7,9,11H,4-6H2,1-3H3. The predicted octanol–water partition coefficient (Wildman–Crippen LogP) is 2.14. The molecule has 1 aromatic rings. The van der Waals surface area contributed by atoms with Crippen LogP contribution in [0.2, 0.25) is 0 Å². The van der Waals surface area contributed by atoms with Crippen molar-refractivity contribution < 1.29 is 4.74 Å². The Morgan fingerprint density at radius 1 is 1.64 bits per heavy atom. The maximum absolute atomic E-state index is 5.20. The van der Waals surface area contributed by atoms with Crippen molar-refractivity contribution in [3.05, 3.63) is 16.1 Å². The zero-order chi connectivity index (χ0) is 10.4.